The van der Waals surface area contributed by atoms with Crippen molar-refractivity contribution in [3.8, 4) is 5.75 Å². The molecule has 35 heavy (non-hydrogen) atoms. The van der Waals surface area contributed by atoms with Crippen molar-refractivity contribution in [3.63, 3.8) is 0 Å². The monoisotopic (exact) mass is 531 g/mol. The number of carboxylic acids is 1. The molecule has 0 aliphatic rings. The molecule has 2 atom stereocenters. The van der Waals surface area contributed by atoms with Crippen LogP contribution in [0.3, 0.4) is 0 Å². The molecule has 0 spiro atoms. The van der Waals surface area contributed by atoms with Gasteiger partial charge in [0.05, 0.1) is 6.07 Å². The molecule has 0 fully saturated rings. The summed E-state index contributed by atoms with van der Waals surface area (Å²) in [7, 11) is -2.37. The molecule has 14 heteroatoms. The second kappa shape index (κ2) is 13.2. The zero-order valence-corrected chi connectivity index (χ0v) is 20.9. The molecule has 2 aromatic rings. The summed E-state index contributed by atoms with van der Waals surface area (Å²) in [6.45, 7) is 1.24. The molecule has 192 valence electrons. The molecule has 1 aromatic carbocycles. The fourth-order valence-electron chi connectivity index (χ4n) is 2.94. The van der Waals surface area contributed by atoms with E-state index in [0.29, 0.717) is 30.8 Å². The highest BCUT2D eigenvalue weighted by Gasteiger charge is 2.33. The quantitative estimate of drug-likeness (QED) is 0.113. The van der Waals surface area contributed by atoms with Gasteiger partial charge in [-0.3, -0.25) is 19.4 Å². The minimum Gasteiger partial charge on any atom is -0.480 e. The number of carbonyl (C=O) groups is 2. The van der Waals surface area contributed by atoms with Crippen molar-refractivity contribution < 1.29 is 37.6 Å². The van der Waals surface area contributed by atoms with Crippen LogP contribution in [-0.2, 0) is 31.7 Å². The van der Waals surface area contributed by atoms with E-state index in [1.54, 1.807) is 19.2 Å². The number of nitrogens with one attached hydrogen (secondary N) is 1. The zero-order chi connectivity index (χ0) is 26.0. The fraction of sp³-hybridized carbons (Fsp3) is 0.429. The molecule has 1 unspecified atom stereocenters. The van der Waals surface area contributed by atoms with Gasteiger partial charge in [-0.05, 0) is 43.7 Å². The normalized spacial score (nSPS) is 13.7. The van der Waals surface area contributed by atoms with Crippen molar-refractivity contribution in [2.75, 3.05) is 19.5 Å². The Labute approximate surface area is 206 Å². The number of carboxylic acid groups (broad SMARTS) is 1. The number of rotatable bonds is 15. The van der Waals surface area contributed by atoms with E-state index in [-0.39, 0.29) is 24.5 Å². The topological polar surface area (TPSA) is 161 Å². The Bertz CT molecular complexity index is 1060. The fourth-order valence-corrected chi connectivity index (χ4v) is 4.58. The maximum Gasteiger partial charge on any atom is 0.461 e. The van der Waals surface area contributed by atoms with Crippen molar-refractivity contribution in [3.05, 3.63) is 57.8 Å². The number of halogens is 1. The van der Waals surface area contributed by atoms with Crippen LogP contribution in [0, 0.1) is 10.1 Å². The highest BCUT2D eigenvalue weighted by molar-refractivity contribution is 7.51. The number of furan rings is 1. The number of hydrogen-bond acceptors (Lipinski definition) is 8. The van der Waals surface area contributed by atoms with E-state index in [2.05, 4.69) is 5.32 Å². The van der Waals surface area contributed by atoms with E-state index < -0.39 is 36.5 Å². The Morgan fingerprint density at radius 3 is 2.49 bits per heavy atom. The molecule has 0 aliphatic carbocycles. The van der Waals surface area contributed by atoms with Crippen LogP contribution >= 0.6 is 19.3 Å². The van der Waals surface area contributed by atoms with Crippen molar-refractivity contribution >= 4 is 37.1 Å². The van der Waals surface area contributed by atoms with Gasteiger partial charge in [-0.2, -0.15) is 0 Å². The van der Waals surface area contributed by atoms with E-state index in [0.717, 1.165) is 0 Å². The second-order valence-electron chi connectivity index (χ2n) is 7.55. The Morgan fingerprint density at radius 2 is 1.94 bits per heavy atom. The van der Waals surface area contributed by atoms with E-state index >= 15 is 0 Å². The number of amides is 1. The number of unbranched alkanes of at least 4 members (excludes halogenated alkanes) is 1. The van der Waals surface area contributed by atoms with Crippen molar-refractivity contribution in [1.82, 2.24) is 9.99 Å². The van der Waals surface area contributed by atoms with Gasteiger partial charge in [-0.1, -0.05) is 12.1 Å². The van der Waals surface area contributed by atoms with Crippen molar-refractivity contribution in [2.24, 2.45) is 0 Å². The van der Waals surface area contributed by atoms with Crippen LogP contribution in [0.25, 0.3) is 0 Å². The summed E-state index contributed by atoms with van der Waals surface area (Å²) in [5.74, 6) is -1.37. The zero-order valence-electron chi connectivity index (χ0n) is 19.2. The summed E-state index contributed by atoms with van der Waals surface area (Å²) < 4.78 is 31.3. The van der Waals surface area contributed by atoms with Gasteiger partial charge in [0.25, 0.3) is 0 Å². The summed E-state index contributed by atoms with van der Waals surface area (Å²) in [4.78, 5) is 32.7. The maximum absolute atomic E-state index is 13.6. The van der Waals surface area contributed by atoms with Crippen LogP contribution in [0.1, 0.15) is 31.1 Å². The van der Waals surface area contributed by atoms with Gasteiger partial charge in [0.15, 0.2) is 0 Å². The molecular weight excluding hydrogens is 505 g/mol. The van der Waals surface area contributed by atoms with Crippen LogP contribution in [0.15, 0.2) is 40.8 Å². The molecule has 0 radical (unpaired) electrons. The van der Waals surface area contributed by atoms with Gasteiger partial charge >= 0.3 is 19.6 Å². The number of nitro groups is 1. The molecule has 1 heterocycles. The minimum absolute atomic E-state index is 0.0406. The van der Waals surface area contributed by atoms with E-state index in [1.807, 2.05) is 0 Å². The summed E-state index contributed by atoms with van der Waals surface area (Å²) >= 11 is 5.72. The lowest BCUT2D eigenvalue weighted by Crippen LogP contribution is -2.41. The van der Waals surface area contributed by atoms with Crippen LogP contribution in [0.4, 0.5) is 5.88 Å². The third-order valence-electron chi connectivity index (χ3n) is 4.74. The van der Waals surface area contributed by atoms with Gasteiger partial charge in [-0.15, -0.1) is 11.6 Å². The lowest BCUT2D eigenvalue weighted by atomic mass is 10.1. The highest BCUT2D eigenvalue weighted by atomic mass is 35.5. The Morgan fingerprint density at radius 1 is 1.26 bits per heavy atom. The first-order valence-corrected chi connectivity index (χ1v) is 12.6. The predicted octanol–water partition coefficient (Wildman–Crippen LogP) is 3.97. The Kier molecular flexibility index (Phi) is 10.7. The molecule has 12 nitrogen and oxygen atoms in total. The number of benzene rings is 1. The Balaban J connectivity index is 2.15. The number of hydrogen-bond donors (Lipinski definition) is 2. The first-order chi connectivity index (χ1) is 16.5. The summed E-state index contributed by atoms with van der Waals surface area (Å²) in [5, 5.41) is 22.4. The first kappa shape index (κ1) is 28.3. The standard InChI is InChI=1S/C21H27ClN3O9P/c1-15(26)23-19(21(27)28)13-16-5-7-17(8-6-16)34-35(31,24(2)12-4-3-11-22)32-14-18-9-10-20(33-18)25(29)30/h5-10,19H,3-4,11-14H2,1-2H3,(H,23,26)(H,27,28)/t19-,35?/m0/s1. The molecule has 0 saturated carbocycles. The van der Waals surface area contributed by atoms with Crippen LogP contribution in [0.2, 0.25) is 0 Å². The van der Waals surface area contributed by atoms with Gasteiger partial charge in [0.1, 0.15) is 29.1 Å². The lowest BCUT2D eigenvalue weighted by Gasteiger charge is -2.27. The third kappa shape index (κ3) is 8.99. The molecule has 2 N–H and O–H groups in total. The third-order valence-corrected chi connectivity index (χ3v) is 6.94. The molecule has 0 bridgehead atoms. The first-order valence-electron chi connectivity index (χ1n) is 10.6. The van der Waals surface area contributed by atoms with Gasteiger partial charge in [0.2, 0.25) is 5.91 Å². The largest absolute Gasteiger partial charge is 0.480 e. The SMILES string of the molecule is CC(=O)N[C@@H](Cc1ccc(OP(=O)(OCc2ccc([N+](=O)[O-])o2)N(C)CCCCCl)cc1)C(=O)O. The number of alkyl halides is 1. The van der Waals surface area contributed by atoms with Gasteiger partial charge in [0, 0.05) is 25.8 Å². The smallest absolute Gasteiger partial charge is 0.461 e. The molecule has 1 amide bonds. The van der Waals surface area contributed by atoms with Crippen LogP contribution in [-0.4, -0.2) is 52.1 Å². The molecule has 1 aromatic heterocycles. The molecular formula is C21H27ClN3O9P. The van der Waals surface area contributed by atoms with Crippen LogP contribution < -0.4 is 9.84 Å². The summed E-state index contributed by atoms with van der Waals surface area (Å²) in [6.07, 6.45) is 1.35. The molecule has 0 aliphatic heterocycles. The van der Waals surface area contributed by atoms with Gasteiger partial charge < -0.3 is 19.4 Å². The highest BCUT2D eigenvalue weighted by Crippen LogP contribution is 2.51. The average molecular weight is 532 g/mol. The molecule has 2 rings (SSSR count). The average Bonchev–Trinajstić information content (AvgIpc) is 3.28. The lowest BCUT2D eigenvalue weighted by molar-refractivity contribution is -0.402. The van der Waals surface area contributed by atoms with Gasteiger partial charge in [-0.25, -0.2) is 14.0 Å². The van der Waals surface area contributed by atoms with E-state index in [1.165, 1.54) is 35.9 Å². The number of carbonyl (C=O) groups excluding carboxylic acids is 1. The number of nitrogens with zero attached hydrogens (tertiary/aromatic N) is 2. The van der Waals surface area contributed by atoms with Crippen molar-refractivity contribution in [2.45, 2.75) is 38.8 Å². The van der Waals surface area contributed by atoms with Crippen LogP contribution in [0.5, 0.6) is 5.75 Å². The van der Waals surface area contributed by atoms with Crippen molar-refractivity contribution in [1.29, 1.82) is 0 Å². The minimum atomic E-state index is -3.92. The Hall–Kier alpha value is -2.92. The summed E-state index contributed by atoms with van der Waals surface area (Å²) in [6, 6.07) is 7.59. The van der Waals surface area contributed by atoms with E-state index in [9.17, 15) is 29.4 Å². The molecule has 0 saturated heterocycles. The van der Waals surface area contributed by atoms with E-state index in [4.69, 9.17) is 25.1 Å². The number of aliphatic carboxylic acids is 1. The predicted molar refractivity (Wildman–Crippen MR) is 126 cm³/mol. The second-order valence-corrected chi connectivity index (χ2v) is 9.99. The summed E-state index contributed by atoms with van der Waals surface area (Å²) in [5.41, 5.74) is 0.604. The maximum atomic E-state index is 13.6.